The van der Waals surface area contributed by atoms with Crippen LogP contribution in [0.5, 0.6) is 0 Å². The fourth-order valence-corrected chi connectivity index (χ4v) is 5.11. The van der Waals surface area contributed by atoms with E-state index in [-0.39, 0.29) is 40.8 Å². The zero-order valence-electron chi connectivity index (χ0n) is 27.8. The van der Waals surface area contributed by atoms with Crippen molar-refractivity contribution in [2.45, 2.75) is 175 Å². The Hall–Kier alpha value is 1.80. The summed E-state index contributed by atoms with van der Waals surface area (Å²) in [5, 5.41) is 0. The van der Waals surface area contributed by atoms with Crippen LogP contribution in [0.4, 0.5) is 0 Å². The summed E-state index contributed by atoms with van der Waals surface area (Å²) in [5.74, 6) is 0. The van der Waals surface area contributed by atoms with E-state index in [1.807, 2.05) is 0 Å². The van der Waals surface area contributed by atoms with Gasteiger partial charge in [-0.15, -0.1) is 0 Å². The summed E-state index contributed by atoms with van der Waals surface area (Å²) in [5.41, 5.74) is 0. The number of hydrogen-bond donors (Lipinski definition) is 0. The summed E-state index contributed by atoms with van der Waals surface area (Å²) >= 11 is 0. The van der Waals surface area contributed by atoms with Crippen molar-refractivity contribution in [3.63, 3.8) is 0 Å². The molecule has 3 unspecified atom stereocenters. The van der Waals surface area contributed by atoms with Crippen molar-refractivity contribution in [3.05, 3.63) is 0 Å². The van der Waals surface area contributed by atoms with Gasteiger partial charge >= 0.3 is 40.8 Å². The van der Waals surface area contributed by atoms with Gasteiger partial charge in [0.1, 0.15) is 24.8 Å². The number of rotatable bonds is 30. The molecule has 259 valence electrons. The van der Waals surface area contributed by atoms with E-state index in [2.05, 4.69) is 34.3 Å². The van der Waals surface area contributed by atoms with Gasteiger partial charge in [-0.05, 0) is 19.3 Å². The van der Waals surface area contributed by atoms with E-state index in [1.165, 1.54) is 116 Å². The van der Waals surface area contributed by atoms with Crippen molar-refractivity contribution in [2.75, 3.05) is 19.8 Å². The first-order valence-corrected chi connectivity index (χ1v) is 20.5. The first-order valence-electron chi connectivity index (χ1n) is 16.8. The zero-order chi connectivity index (χ0) is 31.9. The maximum atomic E-state index is 10.1. The van der Waals surface area contributed by atoms with Gasteiger partial charge in [0, 0.05) is 0 Å². The van der Waals surface area contributed by atoms with E-state index >= 15 is 0 Å². The van der Waals surface area contributed by atoms with Gasteiger partial charge in [-0.1, -0.05) is 156 Å². The Balaban J connectivity index is -0.000000262. The molecule has 9 nitrogen and oxygen atoms in total. The van der Waals surface area contributed by atoms with Gasteiger partial charge in [-0.25, -0.2) is 0 Å². The molecule has 0 aromatic heterocycles. The van der Waals surface area contributed by atoms with Gasteiger partial charge in [-0.2, -0.15) is 0 Å². The first kappa shape index (κ1) is 51.6. The smallest absolute Gasteiger partial charge is 0.781 e. The molecule has 0 aliphatic heterocycles. The predicted octanol–water partition coefficient (Wildman–Crippen LogP) is 8.68. The standard InChI is InChI=1S/3C10H23O3P.Nd/c3*1-2-3-4-5-6-7-8-9-10-13-14(11)12;/h3*14H,2-10H2,1H3,(H,11,12);/q;;;+3/p-3. The van der Waals surface area contributed by atoms with Crippen LogP contribution in [0, 0.1) is 40.8 Å². The Kier molecular flexibility index (Phi) is 57.9. The summed E-state index contributed by atoms with van der Waals surface area (Å²) < 4.78 is 43.6. The monoisotopic (exact) mass is 805 g/mol. The fourth-order valence-electron chi connectivity index (χ4n) is 4.17. The number of hydrogen-bond acceptors (Lipinski definition) is 9. The summed E-state index contributed by atoms with van der Waals surface area (Å²) in [6, 6.07) is 0. The summed E-state index contributed by atoms with van der Waals surface area (Å²) in [6.45, 7) is 7.75. The van der Waals surface area contributed by atoms with Crippen LogP contribution in [-0.2, 0) is 27.3 Å². The van der Waals surface area contributed by atoms with Gasteiger partial charge < -0.3 is 41.9 Å². The van der Waals surface area contributed by atoms with E-state index in [0.717, 1.165) is 38.5 Å². The molecule has 0 bridgehead atoms. The van der Waals surface area contributed by atoms with Crippen molar-refractivity contribution in [1.29, 1.82) is 0 Å². The molecule has 3 atom stereocenters. The Morgan fingerprint density at radius 2 is 0.512 bits per heavy atom. The largest absolute Gasteiger partial charge is 3.00 e. The molecular weight excluding hydrogens is 741 g/mol. The van der Waals surface area contributed by atoms with Gasteiger partial charge in [0.25, 0.3) is 0 Å². The molecule has 0 aromatic rings. The third-order valence-electron chi connectivity index (χ3n) is 6.65. The molecule has 13 heteroatoms. The average molecular weight is 808 g/mol. The predicted molar refractivity (Wildman–Crippen MR) is 173 cm³/mol. The molecule has 0 amide bonds. The second-order valence-corrected chi connectivity index (χ2v) is 13.1. The maximum Gasteiger partial charge on any atom is 3.00 e. The molecule has 0 heterocycles. The number of unbranched alkanes of at least 4 members (excludes halogenated alkanes) is 21. The van der Waals surface area contributed by atoms with E-state index in [9.17, 15) is 28.4 Å². The Labute approximate surface area is 300 Å². The van der Waals surface area contributed by atoms with E-state index in [0.29, 0.717) is 19.8 Å². The van der Waals surface area contributed by atoms with Crippen LogP contribution >= 0.6 is 24.8 Å². The molecule has 0 rings (SSSR count). The minimum Gasteiger partial charge on any atom is -0.781 e. The molecule has 0 spiro atoms. The molecule has 0 aromatic carbocycles. The van der Waals surface area contributed by atoms with Crippen molar-refractivity contribution in [1.82, 2.24) is 0 Å². The van der Waals surface area contributed by atoms with Gasteiger partial charge in [0.15, 0.2) is 0 Å². The molecular formula is C30H66NdO9P3. The molecule has 0 N–H and O–H groups in total. The third-order valence-corrected chi connectivity index (χ3v) is 7.97. The van der Waals surface area contributed by atoms with E-state index in [4.69, 9.17) is 0 Å². The second-order valence-electron chi connectivity index (χ2n) is 10.7. The van der Waals surface area contributed by atoms with Gasteiger partial charge in [0.05, 0.1) is 19.8 Å². The van der Waals surface area contributed by atoms with Crippen molar-refractivity contribution in [3.8, 4) is 0 Å². The van der Waals surface area contributed by atoms with Gasteiger partial charge in [-0.3, -0.25) is 0 Å². The van der Waals surface area contributed by atoms with Crippen LogP contribution < -0.4 is 14.7 Å². The van der Waals surface area contributed by atoms with Crippen LogP contribution in [0.1, 0.15) is 175 Å². The fraction of sp³-hybridized carbons (Fsp3) is 1.00. The van der Waals surface area contributed by atoms with Crippen LogP contribution in [-0.4, -0.2) is 19.8 Å². The van der Waals surface area contributed by atoms with E-state index in [1.54, 1.807) is 0 Å². The van der Waals surface area contributed by atoms with Crippen molar-refractivity contribution in [2.24, 2.45) is 0 Å². The molecule has 0 saturated carbocycles. The molecule has 0 aliphatic carbocycles. The Morgan fingerprint density at radius 1 is 0.349 bits per heavy atom. The second kappa shape index (κ2) is 48.2. The summed E-state index contributed by atoms with van der Waals surface area (Å²) in [7, 11) is -8.82. The van der Waals surface area contributed by atoms with Crippen molar-refractivity contribution < 1.29 is 82.8 Å². The Bertz CT molecular complexity index is 501. The Morgan fingerprint density at radius 3 is 0.674 bits per heavy atom. The summed E-state index contributed by atoms with van der Waals surface area (Å²) in [6.07, 6.45) is 29.1. The minimum atomic E-state index is -2.94. The maximum absolute atomic E-state index is 10.1. The van der Waals surface area contributed by atoms with Crippen LogP contribution in [0.3, 0.4) is 0 Å². The normalized spacial score (nSPS) is 12.7. The van der Waals surface area contributed by atoms with Crippen molar-refractivity contribution >= 4 is 24.8 Å². The minimum absolute atomic E-state index is 0. The topological polar surface area (TPSA) is 148 Å². The zero-order valence-corrected chi connectivity index (χ0v) is 34.0. The average Bonchev–Trinajstić information content (AvgIpc) is 2.95. The summed E-state index contributed by atoms with van der Waals surface area (Å²) in [4.78, 5) is 30.2. The van der Waals surface area contributed by atoms with Crippen LogP contribution in [0.25, 0.3) is 0 Å². The molecule has 43 heavy (non-hydrogen) atoms. The molecule has 1 radical (unpaired) electrons. The van der Waals surface area contributed by atoms with Gasteiger partial charge in [0.2, 0.25) is 0 Å². The molecule has 0 saturated heterocycles. The first-order chi connectivity index (χ1) is 20.3. The van der Waals surface area contributed by atoms with Crippen LogP contribution in [0.2, 0.25) is 0 Å². The SMILES string of the molecule is CCCCCCCCCCO[PH](=O)[O-].CCCCCCCCCCO[PH](=O)[O-].CCCCCCCCCCO[PH](=O)[O-].[Nd+3]. The quantitative estimate of drug-likeness (QED) is 0.0514. The van der Waals surface area contributed by atoms with E-state index < -0.39 is 24.8 Å². The van der Waals surface area contributed by atoms with Crippen LogP contribution in [0.15, 0.2) is 0 Å². The third kappa shape index (κ3) is 63.2. The molecule has 0 fully saturated rings. The molecule has 0 aliphatic rings.